The van der Waals surface area contributed by atoms with Crippen LogP contribution in [0.4, 0.5) is 5.69 Å². The molecular weight excluding hydrogens is 298 g/mol. The Labute approximate surface area is 148 Å². The fraction of sp³-hybridized carbons (Fsp3) is 0.667. The van der Waals surface area contributed by atoms with E-state index in [0.717, 1.165) is 17.0 Å². The number of fused-ring (bicyclic) bond motifs is 1. The van der Waals surface area contributed by atoms with Gasteiger partial charge in [-0.2, -0.15) is 0 Å². The molecule has 2 rings (SSSR count). The first kappa shape index (κ1) is 18.6. The van der Waals surface area contributed by atoms with Gasteiger partial charge in [0.05, 0.1) is 5.69 Å². The molecule has 1 aromatic rings. The maximum atomic E-state index is 5.14. The molecule has 2 heteroatoms. The number of rotatable bonds is 3. The molecule has 1 aliphatic rings. The first-order valence-corrected chi connectivity index (χ1v) is 9.42. The summed E-state index contributed by atoms with van der Waals surface area (Å²) in [6.45, 7) is 13.9. The van der Waals surface area contributed by atoms with E-state index in [-0.39, 0.29) is 5.41 Å². The highest BCUT2D eigenvalue weighted by atomic mass is 32.1. The van der Waals surface area contributed by atoms with Crippen molar-refractivity contribution in [2.75, 3.05) is 0 Å². The second kappa shape index (κ2) is 7.01. The van der Waals surface area contributed by atoms with Crippen molar-refractivity contribution < 1.29 is 0 Å². The third kappa shape index (κ3) is 5.38. The average molecular weight is 332 g/mol. The van der Waals surface area contributed by atoms with Gasteiger partial charge in [-0.3, -0.25) is 4.99 Å². The Morgan fingerprint density at radius 2 is 1.83 bits per heavy atom. The molecule has 23 heavy (non-hydrogen) atoms. The molecule has 1 unspecified atom stereocenters. The Morgan fingerprint density at radius 1 is 1.13 bits per heavy atom. The van der Waals surface area contributed by atoms with Gasteiger partial charge in [-0.1, -0.05) is 54.0 Å². The largest absolute Gasteiger partial charge is 0.257 e. The summed E-state index contributed by atoms with van der Waals surface area (Å²) in [5.41, 5.74) is 4.45. The van der Waals surface area contributed by atoms with Crippen molar-refractivity contribution in [2.45, 2.75) is 78.5 Å². The Balaban J connectivity index is 2.25. The third-order valence-corrected chi connectivity index (χ3v) is 4.98. The standard InChI is InChI=1S/C21H33NS/c1-20(2,3)13-7-8-16-10-9-15-11-12-17(23)14-18(15)22-19(16)21(4,5)6/h11-12,14,16,23H,7-10,13H2,1-6H3. The van der Waals surface area contributed by atoms with E-state index in [1.807, 2.05) is 0 Å². The topological polar surface area (TPSA) is 12.4 Å². The van der Waals surface area contributed by atoms with Crippen LogP contribution < -0.4 is 0 Å². The zero-order valence-electron chi connectivity index (χ0n) is 15.7. The minimum atomic E-state index is 0.126. The van der Waals surface area contributed by atoms with E-state index in [2.05, 4.69) is 72.4 Å². The molecule has 0 bridgehead atoms. The summed E-state index contributed by atoms with van der Waals surface area (Å²) in [5.74, 6) is 0.605. The van der Waals surface area contributed by atoms with Gasteiger partial charge in [0, 0.05) is 16.0 Å². The maximum absolute atomic E-state index is 5.14. The lowest BCUT2D eigenvalue weighted by molar-refractivity contribution is 0.346. The summed E-state index contributed by atoms with van der Waals surface area (Å²) in [6.07, 6.45) is 6.19. The molecule has 0 fully saturated rings. The monoisotopic (exact) mass is 331 g/mol. The van der Waals surface area contributed by atoms with Crippen LogP contribution in [0, 0.1) is 16.7 Å². The predicted molar refractivity (Wildman–Crippen MR) is 105 cm³/mol. The third-order valence-electron chi connectivity index (χ3n) is 4.71. The quantitative estimate of drug-likeness (QED) is 0.580. The van der Waals surface area contributed by atoms with E-state index < -0.39 is 0 Å². The lowest BCUT2D eigenvalue weighted by Crippen LogP contribution is -2.28. The second-order valence-electron chi connectivity index (χ2n) is 9.25. The molecule has 0 aromatic heterocycles. The maximum Gasteiger partial charge on any atom is 0.0672 e. The number of nitrogens with zero attached hydrogens (tertiary/aromatic N) is 1. The summed E-state index contributed by atoms with van der Waals surface area (Å²) in [5, 5.41) is 0. The van der Waals surface area contributed by atoms with Gasteiger partial charge in [-0.25, -0.2) is 0 Å². The average Bonchev–Trinajstić information content (AvgIpc) is 2.56. The zero-order valence-corrected chi connectivity index (χ0v) is 16.6. The van der Waals surface area contributed by atoms with Gasteiger partial charge in [-0.15, -0.1) is 12.6 Å². The van der Waals surface area contributed by atoms with E-state index in [1.165, 1.54) is 37.0 Å². The zero-order chi connectivity index (χ0) is 17.3. The first-order valence-electron chi connectivity index (χ1n) is 8.97. The van der Waals surface area contributed by atoms with Crippen LogP contribution in [0.2, 0.25) is 0 Å². The second-order valence-corrected chi connectivity index (χ2v) is 9.76. The fourth-order valence-corrected chi connectivity index (χ4v) is 3.69. The molecule has 0 aliphatic carbocycles. The van der Waals surface area contributed by atoms with Crippen molar-refractivity contribution in [3.8, 4) is 0 Å². The molecule has 1 nitrogen and oxygen atoms in total. The summed E-state index contributed by atoms with van der Waals surface area (Å²) < 4.78 is 0. The van der Waals surface area contributed by atoms with E-state index in [1.54, 1.807) is 0 Å². The molecule has 0 amide bonds. The molecule has 0 saturated heterocycles. The Bertz CT molecular complexity index is 572. The number of aryl methyl sites for hydroxylation is 1. The summed E-state index contributed by atoms with van der Waals surface area (Å²) in [6, 6.07) is 6.43. The molecule has 0 N–H and O–H groups in total. The van der Waals surface area contributed by atoms with Gasteiger partial charge in [0.15, 0.2) is 0 Å². The van der Waals surface area contributed by atoms with Gasteiger partial charge in [-0.05, 0) is 54.7 Å². The van der Waals surface area contributed by atoms with Crippen LogP contribution in [0.1, 0.15) is 72.8 Å². The lowest BCUT2D eigenvalue weighted by atomic mass is 9.77. The highest BCUT2D eigenvalue weighted by molar-refractivity contribution is 7.80. The van der Waals surface area contributed by atoms with Gasteiger partial charge in [0.1, 0.15) is 0 Å². The predicted octanol–water partition coefficient (Wildman–Crippen LogP) is 6.87. The van der Waals surface area contributed by atoms with Crippen molar-refractivity contribution in [3.63, 3.8) is 0 Å². The Morgan fingerprint density at radius 3 is 2.43 bits per heavy atom. The molecule has 1 aromatic carbocycles. The van der Waals surface area contributed by atoms with Crippen LogP contribution in [0.15, 0.2) is 28.1 Å². The SMILES string of the molecule is CC(C)(C)CCCC1CCc2ccc(S)cc2N=C1C(C)(C)C. The molecule has 1 heterocycles. The van der Waals surface area contributed by atoms with Crippen molar-refractivity contribution in [1.82, 2.24) is 0 Å². The lowest BCUT2D eigenvalue weighted by Gasteiger charge is -2.29. The van der Waals surface area contributed by atoms with Crippen molar-refractivity contribution in [1.29, 1.82) is 0 Å². The van der Waals surface area contributed by atoms with E-state index in [4.69, 9.17) is 4.99 Å². The summed E-state index contributed by atoms with van der Waals surface area (Å²) in [4.78, 5) is 6.14. The van der Waals surface area contributed by atoms with E-state index in [0.29, 0.717) is 11.3 Å². The Kier molecular flexibility index (Phi) is 5.66. The number of hydrogen-bond acceptors (Lipinski definition) is 2. The molecule has 0 radical (unpaired) electrons. The highest BCUT2D eigenvalue weighted by Crippen LogP contribution is 2.37. The van der Waals surface area contributed by atoms with Gasteiger partial charge in [0.25, 0.3) is 0 Å². The van der Waals surface area contributed by atoms with E-state index in [9.17, 15) is 0 Å². The minimum Gasteiger partial charge on any atom is -0.257 e. The fourth-order valence-electron chi connectivity index (χ4n) is 3.50. The number of thiol groups is 1. The molecule has 0 saturated carbocycles. The van der Waals surface area contributed by atoms with Crippen molar-refractivity contribution in [3.05, 3.63) is 23.8 Å². The highest BCUT2D eigenvalue weighted by Gasteiger charge is 2.29. The van der Waals surface area contributed by atoms with Crippen LogP contribution in [0.3, 0.4) is 0 Å². The summed E-state index contributed by atoms with van der Waals surface area (Å²) >= 11 is 4.50. The molecule has 1 atom stereocenters. The number of aliphatic imine (C=N–C) groups is 1. The number of hydrogen-bond donors (Lipinski definition) is 1. The Hall–Kier alpha value is -0.760. The van der Waals surface area contributed by atoms with Gasteiger partial charge < -0.3 is 0 Å². The van der Waals surface area contributed by atoms with Crippen LogP contribution in [-0.2, 0) is 6.42 Å². The molecular formula is C21H33NS. The van der Waals surface area contributed by atoms with Gasteiger partial charge >= 0.3 is 0 Å². The van der Waals surface area contributed by atoms with Crippen molar-refractivity contribution in [2.24, 2.45) is 21.7 Å². The molecule has 128 valence electrons. The van der Waals surface area contributed by atoms with Crippen LogP contribution in [0.5, 0.6) is 0 Å². The smallest absolute Gasteiger partial charge is 0.0672 e. The normalized spacial score (nSPS) is 19.1. The summed E-state index contributed by atoms with van der Waals surface area (Å²) in [7, 11) is 0. The minimum absolute atomic E-state index is 0.126. The molecule has 0 spiro atoms. The first-order chi connectivity index (χ1) is 10.6. The molecule has 1 aliphatic heterocycles. The van der Waals surface area contributed by atoms with Crippen molar-refractivity contribution >= 4 is 24.0 Å². The van der Waals surface area contributed by atoms with Crippen LogP contribution >= 0.6 is 12.6 Å². The van der Waals surface area contributed by atoms with Crippen LogP contribution in [-0.4, -0.2) is 5.71 Å². The van der Waals surface area contributed by atoms with Gasteiger partial charge in [0.2, 0.25) is 0 Å². The van der Waals surface area contributed by atoms with Crippen LogP contribution in [0.25, 0.3) is 0 Å². The number of benzene rings is 1. The van der Waals surface area contributed by atoms with E-state index >= 15 is 0 Å².